The fourth-order valence-electron chi connectivity index (χ4n) is 1.78. The standard InChI is InChI=1S/C15H20N2OS/c1-2-12-5-7-14(8-6-12)18-10-15-17-13(11-19-15)4-3-9-16/h5-8,11H,2-4,9-10,16H2,1H3. The molecule has 0 amide bonds. The molecular weight excluding hydrogens is 256 g/mol. The van der Waals surface area contributed by atoms with Crippen molar-refractivity contribution in [2.75, 3.05) is 6.54 Å². The molecule has 3 nitrogen and oxygen atoms in total. The zero-order valence-electron chi connectivity index (χ0n) is 11.3. The van der Waals surface area contributed by atoms with Crippen molar-refractivity contribution in [3.05, 3.63) is 45.9 Å². The van der Waals surface area contributed by atoms with E-state index < -0.39 is 0 Å². The Hall–Kier alpha value is -1.39. The first kappa shape index (κ1) is 14.0. The molecule has 0 spiro atoms. The number of aromatic nitrogens is 1. The number of hydrogen-bond donors (Lipinski definition) is 1. The van der Waals surface area contributed by atoms with Gasteiger partial charge in [-0.1, -0.05) is 19.1 Å². The smallest absolute Gasteiger partial charge is 0.140 e. The van der Waals surface area contributed by atoms with Gasteiger partial charge in [0.2, 0.25) is 0 Å². The first-order valence-electron chi connectivity index (χ1n) is 6.67. The summed E-state index contributed by atoms with van der Waals surface area (Å²) in [6.07, 6.45) is 3.00. The van der Waals surface area contributed by atoms with Gasteiger partial charge in [-0.05, 0) is 43.5 Å². The van der Waals surface area contributed by atoms with E-state index >= 15 is 0 Å². The fraction of sp³-hybridized carbons (Fsp3) is 0.400. The number of ether oxygens (including phenoxy) is 1. The SMILES string of the molecule is CCc1ccc(OCc2nc(CCCN)cs2)cc1. The van der Waals surface area contributed by atoms with E-state index in [1.165, 1.54) is 5.56 Å². The monoisotopic (exact) mass is 276 g/mol. The van der Waals surface area contributed by atoms with E-state index in [4.69, 9.17) is 10.5 Å². The Kier molecular flexibility index (Phi) is 5.36. The van der Waals surface area contributed by atoms with E-state index in [0.717, 1.165) is 35.7 Å². The molecule has 0 aliphatic heterocycles. The van der Waals surface area contributed by atoms with Gasteiger partial charge < -0.3 is 10.5 Å². The van der Waals surface area contributed by atoms with Crippen molar-refractivity contribution in [2.45, 2.75) is 32.8 Å². The average molecular weight is 276 g/mol. The highest BCUT2D eigenvalue weighted by atomic mass is 32.1. The summed E-state index contributed by atoms with van der Waals surface area (Å²) >= 11 is 1.65. The van der Waals surface area contributed by atoms with Gasteiger partial charge in [0, 0.05) is 5.38 Å². The van der Waals surface area contributed by atoms with Crippen molar-refractivity contribution < 1.29 is 4.74 Å². The van der Waals surface area contributed by atoms with E-state index in [1.54, 1.807) is 11.3 Å². The van der Waals surface area contributed by atoms with E-state index in [0.29, 0.717) is 13.2 Å². The fourth-order valence-corrected chi connectivity index (χ4v) is 2.52. The van der Waals surface area contributed by atoms with E-state index in [1.807, 2.05) is 12.1 Å². The summed E-state index contributed by atoms with van der Waals surface area (Å²) < 4.78 is 5.73. The molecule has 4 heteroatoms. The Morgan fingerprint density at radius 1 is 1.26 bits per heavy atom. The third kappa shape index (κ3) is 4.33. The number of benzene rings is 1. The molecule has 0 fully saturated rings. The Balaban J connectivity index is 1.85. The van der Waals surface area contributed by atoms with Gasteiger partial charge in [0.05, 0.1) is 5.69 Å². The number of nitrogens with zero attached hydrogens (tertiary/aromatic N) is 1. The van der Waals surface area contributed by atoms with Crippen LogP contribution in [0.4, 0.5) is 0 Å². The molecule has 1 aromatic carbocycles. The molecule has 0 atom stereocenters. The minimum atomic E-state index is 0.540. The summed E-state index contributed by atoms with van der Waals surface area (Å²) in [7, 11) is 0. The molecule has 0 aliphatic rings. The Morgan fingerprint density at radius 2 is 2.05 bits per heavy atom. The minimum Gasteiger partial charge on any atom is -0.486 e. The Labute approximate surface area is 118 Å². The summed E-state index contributed by atoms with van der Waals surface area (Å²) in [5, 5.41) is 3.11. The van der Waals surface area contributed by atoms with Crippen LogP contribution in [0.5, 0.6) is 5.75 Å². The van der Waals surface area contributed by atoms with E-state index in [2.05, 4.69) is 29.4 Å². The van der Waals surface area contributed by atoms with Crippen molar-refractivity contribution >= 4 is 11.3 Å². The predicted octanol–water partition coefficient (Wildman–Crippen LogP) is 3.18. The second kappa shape index (κ2) is 7.26. The Bertz CT molecular complexity index is 493. The molecule has 0 saturated carbocycles. The van der Waals surface area contributed by atoms with Crippen molar-refractivity contribution in [1.82, 2.24) is 4.98 Å². The summed E-state index contributed by atoms with van der Waals surface area (Å²) in [6.45, 7) is 3.40. The first-order chi connectivity index (χ1) is 9.31. The summed E-state index contributed by atoms with van der Waals surface area (Å²) in [6, 6.07) is 8.23. The van der Waals surface area contributed by atoms with Crippen LogP contribution in [-0.4, -0.2) is 11.5 Å². The molecular formula is C15H20N2OS. The lowest BCUT2D eigenvalue weighted by Gasteiger charge is -2.04. The molecule has 0 saturated heterocycles. The normalized spacial score (nSPS) is 10.6. The van der Waals surface area contributed by atoms with Crippen LogP contribution in [0, 0.1) is 0 Å². The molecule has 2 N–H and O–H groups in total. The Morgan fingerprint density at radius 3 is 2.74 bits per heavy atom. The molecule has 2 aromatic rings. The molecule has 19 heavy (non-hydrogen) atoms. The van der Waals surface area contributed by atoms with Crippen LogP contribution in [0.3, 0.4) is 0 Å². The van der Waals surface area contributed by atoms with Crippen LogP contribution in [0.15, 0.2) is 29.6 Å². The highest BCUT2D eigenvalue weighted by Crippen LogP contribution is 2.17. The molecule has 0 unspecified atom stereocenters. The molecule has 0 aliphatic carbocycles. The molecule has 102 valence electrons. The number of nitrogens with two attached hydrogens (primary N) is 1. The first-order valence-corrected chi connectivity index (χ1v) is 7.55. The molecule has 1 heterocycles. The quantitative estimate of drug-likeness (QED) is 0.845. The maximum absolute atomic E-state index is 5.73. The van der Waals surface area contributed by atoms with Gasteiger partial charge in [-0.3, -0.25) is 0 Å². The highest BCUT2D eigenvalue weighted by Gasteiger charge is 2.03. The summed E-state index contributed by atoms with van der Waals surface area (Å²) in [5.74, 6) is 0.899. The summed E-state index contributed by atoms with van der Waals surface area (Å²) in [4.78, 5) is 4.53. The average Bonchev–Trinajstić information content (AvgIpc) is 2.91. The van der Waals surface area contributed by atoms with Gasteiger partial charge in [0.1, 0.15) is 17.4 Å². The van der Waals surface area contributed by atoms with Crippen LogP contribution in [-0.2, 0) is 19.4 Å². The second-order valence-corrected chi connectivity index (χ2v) is 5.35. The topological polar surface area (TPSA) is 48.1 Å². The van der Waals surface area contributed by atoms with Gasteiger partial charge in [-0.15, -0.1) is 11.3 Å². The maximum atomic E-state index is 5.73. The van der Waals surface area contributed by atoms with Gasteiger partial charge in [0.15, 0.2) is 0 Å². The molecule has 0 bridgehead atoms. The third-order valence-corrected chi connectivity index (χ3v) is 3.80. The molecule has 1 aromatic heterocycles. The zero-order valence-corrected chi connectivity index (χ0v) is 12.1. The van der Waals surface area contributed by atoms with E-state index in [9.17, 15) is 0 Å². The zero-order chi connectivity index (χ0) is 13.5. The highest BCUT2D eigenvalue weighted by molar-refractivity contribution is 7.09. The van der Waals surface area contributed by atoms with Gasteiger partial charge >= 0.3 is 0 Å². The number of aryl methyl sites for hydroxylation is 2. The maximum Gasteiger partial charge on any atom is 0.140 e. The number of hydrogen-bond acceptors (Lipinski definition) is 4. The number of rotatable bonds is 7. The van der Waals surface area contributed by atoms with Crippen molar-refractivity contribution in [3.63, 3.8) is 0 Å². The van der Waals surface area contributed by atoms with E-state index in [-0.39, 0.29) is 0 Å². The van der Waals surface area contributed by atoms with Crippen molar-refractivity contribution in [3.8, 4) is 5.75 Å². The lowest BCUT2D eigenvalue weighted by Crippen LogP contribution is -2.01. The molecule has 2 rings (SSSR count). The summed E-state index contributed by atoms with van der Waals surface area (Å²) in [5.41, 5.74) is 7.94. The van der Waals surface area contributed by atoms with Crippen LogP contribution in [0.1, 0.15) is 29.6 Å². The van der Waals surface area contributed by atoms with Crippen molar-refractivity contribution in [2.24, 2.45) is 5.73 Å². The van der Waals surface area contributed by atoms with Gasteiger partial charge in [-0.2, -0.15) is 0 Å². The van der Waals surface area contributed by atoms with Gasteiger partial charge in [0.25, 0.3) is 0 Å². The number of thiazole rings is 1. The van der Waals surface area contributed by atoms with Crippen LogP contribution in [0.2, 0.25) is 0 Å². The molecule has 0 radical (unpaired) electrons. The predicted molar refractivity (Wildman–Crippen MR) is 79.6 cm³/mol. The largest absolute Gasteiger partial charge is 0.486 e. The van der Waals surface area contributed by atoms with Crippen molar-refractivity contribution in [1.29, 1.82) is 0 Å². The minimum absolute atomic E-state index is 0.540. The van der Waals surface area contributed by atoms with Crippen LogP contribution < -0.4 is 10.5 Å². The third-order valence-electron chi connectivity index (χ3n) is 2.93. The lowest BCUT2D eigenvalue weighted by molar-refractivity contribution is 0.305. The van der Waals surface area contributed by atoms with Gasteiger partial charge in [-0.25, -0.2) is 4.98 Å². The second-order valence-electron chi connectivity index (χ2n) is 4.41. The van der Waals surface area contributed by atoms with Crippen LogP contribution >= 0.6 is 11.3 Å². The van der Waals surface area contributed by atoms with Crippen LogP contribution in [0.25, 0.3) is 0 Å². The lowest BCUT2D eigenvalue weighted by atomic mass is 10.2.